The van der Waals surface area contributed by atoms with Crippen LogP contribution in [-0.4, -0.2) is 19.9 Å². The summed E-state index contributed by atoms with van der Waals surface area (Å²) in [5.41, 5.74) is 19.0. The molecule has 6 rings (SSSR count). The van der Waals surface area contributed by atoms with E-state index in [1.165, 1.54) is 0 Å². The fourth-order valence-electron chi connectivity index (χ4n) is 3.46. The van der Waals surface area contributed by atoms with Crippen LogP contribution in [0, 0.1) is 0 Å². The van der Waals surface area contributed by atoms with Crippen LogP contribution in [0.1, 0.15) is 7.43 Å². The second-order valence-corrected chi connectivity index (χ2v) is 7.45. The van der Waals surface area contributed by atoms with Gasteiger partial charge in [-0.3, -0.25) is 0 Å². The van der Waals surface area contributed by atoms with Crippen LogP contribution in [0.15, 0.2) is 97.1 Å². The Morgan fingerprint density at radius 3 is 1.21 bits per heavy atom. The second kappa shape index (κ2) is 9.28. The van der Waals surface area contributed by atoms with E-state index in [1.807, 2.05) is 97.1 Å². The highest BCUT2D eigenvalue weighted by molar-refractivity contribution is 5.80. The monoisotopic (exact) mass is 434 g/mol. The number of hydrogen-bond acceptors (Lipinski definition) is 4. The van der Waals surface area contributed by atoms with Gasteiger partial charge < -0.3 is 21.4 Å². The van der Waals surface area contributed by atoms with E-state index in [1.54, 1.807) is 0 Å². The third kappa shape index (κ3) is 4.70. The molecule has 6 N–H and O–H groups in total. The fourth-order valence-corrected chi connectivity index (χ4v) is 3.46. The highest BCUT2D eigenvalue weighted by Crippen LogP contribution is 2.22. The van der Waals surface area contributed by atoms with Gasteiger partial charge in [0, 0.05) is 22.5 Å². The number of aromatic amines is 2. The van der Waals surface area contributed by atoms with Crippen molar-refractivity contribution < 1.29 is 0 Å². The van der Waals surface area contributed by atoms with Crippen molar-refractivity contribution >= 4 is 33.4 Å². The minimum absolute atomic E-state index is 0. The first-order valence-corrected chi connectivity index (χ1v) is 10.3. The predicted octanol–water partition coefficient (Wildman–Crippen LogP) is 6.26. The van der Waals surface area contributed by atoms with Crippen LogP contribution >= 0.6 is 0 Å². The summed E-state index contributed by atoms with van der Waals surface area (Å²) >= 11 is 0. The molecule has 0 atom stereocenters. The SMILES string of the molecule is C.Nc1ccc(-c2nc3ccccc3[nH]2)cc1.Nc1ccc(-c2nc3ccccc3[nH]2)cc1. The summed E-state index contributed by atoms with van der Waals surface area (Å²) in [6, 6.07) is 31.3. The van der Waals surface area contributed by atoms with E-state index < -0.39 is 0 Å². The molecular formula is C27H26N6. The average Bonchev–Trinajstić information content (AvgIpc) is 3.45. The van der Waals surface area contributed by atoms with E-state index in [9.17, 15) is 0 Å². The Labute approximate surface area is 192 Å². The number of H-pyrrole nitrogens is 2. The fraction of sp³-hybridized carbons (Fsp3) is 0.0370. The largest absolute Gasteiger partial charge is 0.399 e. The van der Waals surface area contributed by atoms with Gasteiger partial charge in [0.2, 0.25) is 0 Å². The summed E-state index contributed by atoms with van der Waals surface area (Å²) in [6.45, 7) is 0. The number of fused-ring (bicyclic) bond motifs is 2. The van der Waals surface area contributed by atoms with Crippen molar-refractivity contribution in [3.63, 3.8) is 0 Å². The first kappa shape index (κ1) is 21.6. The number of nitrogen functional groups attached to an aromatic ring is 2. The molecule has 0 aliphatic heterocycles. The number of anilines is 2. The quantitative estimate of drug-likeness (QED) is 0.241. The summed E-state index contributed by atoms with van der Waals surface area (Å²) in [5, 5.41) is 0. The lowest BCUT2D eigenvalue weighted by atomic mass is 10.2. The highest BCUT2D eigenvalue weighted by atomic mass is 14.9. The molecule has 2 aromatic heterocycles. The van der Waals surface area contributed by atoms with E-state index in [2.05, 4.69) is 19.9 Å². The Balaban J connectivity index is 0.000000152. The molecule has 0 aliphatic rings. The van der Waals surface area contributed by atoms with Crippen LogP contribution in [0.3, 0.4) is 0 Å². The van der Waals surface area contributed by atoms with E-state index in [-0.39, 0.29) is 7.43 Å². The van der Waals surface area contributed by atoms with Gasteiger partial charge in [-0.05, 0) is 72.8 Å². The smallest absolute Gasteiger partial charge is 0.138 e. The van der Waals surface area contributed by atoms with Crippen molar-refractivity contribution in [1.82, 2.24) is 19.9 Å². The minimum Gasteiger partial charge on any atom is -0.399 e. The molecule has 0 bridgehead atoms. The zero-order chi connectivity index (χ0) is 21.9. The molecule has 0 radical (unpaired) electrons. The number of rotatable bonds is 2. The molecule has 0 spiro atoms. The van der Waals surface area contributed by atoms with Crippen LogP contribution in [0.2, 0.25) is 0 Å². The predicted molar refractivity (Wildman–Crippen MR) is 139 cm³/mol. The van der Waals surface area contributed by atoms with E-state index in [4.69, 9.17) is 11.5 Å². The van der Waals surface area contributed by atoms with Crippen molar-refractivity contribution in [2.75, 3.05) is 11.5 Å². The lowest BCUT2D eigenvalue weighted by Gasteiger charge is -1.96. The summed E-state index contributed by atoms with van der Waals surface area (Å²) in [4.78, 5) is 15.6. The molecule has 6 heteroatoms. The topological polar surface area (TPSA) is 109 Å². The van der Waals surface area contributed by atoms with Crippen molar-refractivity contribution in [1.29, 1.82) is 0 Å². The van der Waals surface area contributed by atoms with Gasteiger partial charge in [-0.2, -0.15) is 0 Å². The molecule has 0 aliphatic carbocycles. The number of aromatic nitrogens is 4. The van der Waals surface area contributed by atoms with Gasteiger partial charge in [-0.15, -0.1) is 0 Å². The average molecular weight is 435 g/mol. The molecule has 0 amide bonds. The van der Waals surface area contributed by atoms with Gasteiger partial charge in [-0.1, -0.05) is 31.7 Å². The van der Waals surface area contributed by atoms with E-state index in [0.717, 1.165) is 56.2 Å². The van der Waals surface area contributed by atoms with Gasteiger partial charge in [0.15, 0.2) is 0 Å². The van der Waals surface area contributed by atoms with Crippen molar-refractivity contribution in [3.8, 4) is 22.8 Å². The molecule has 0 fully saturated rings. The number of nitrogens with one attached hydrogen (secondary N) is 2. The maximum absolute atomic E-state index is 5.65. The third-order valence-corrected chi connectivity index (χ3v) is 5.15. The molecule has 0 saturated heterocycles. The lowest BCUT2D eigenvalue weighted by Crippen LogP contribution is -1.84. The third-order valence-electron chi connectivity index (χ3n) is 5.15. The molecule has 2 heterocycles. The van der Waals surface area contributed by atoms with Crippen molar-refractivity contribution in [2.24, 2.45) is 0 Å². The second-order valence-electron chi connectivity index (χ2n) is 7.45. The number of nitrogens with zero attached hydrogens (tertiary/aromatic N) is 2. The molecule has 164 valence electrons. The Bertz CT molecular complexity index is 1300. The number of nitrogens with two attached hydrogens (primary N) is 2. The van der Waals surface area contributed by atoms with E-state index >= 15 is 0 Å². The van der Waals surface area contributed by atoms with Gasteiger partial charge >= 0.3 is 0 Å². The van der Waals surface area contributed by atoms with Gasteiger partial charge in [0.1, 0.15) is 11.6 Å². The number of imidazole rings is 2. The summed E-state index contributed by atoms with van der Waals surface area (Å²) in [6.07, 6.45) is 0. The highest BCUT2D eigenvalue weighted by Gasteiger charge is 2.04. The van der Waals surface area contributed by atoms with Crippen LogP contribution in [-0.2, 0) is 0 Å². The molecule has 0 unspecified atom stereocenters. The molecule has 33 heavy (non-hydrogen) atoms. The maximum atomic E-state index is 5.65. The molecule has 0 saturated carbocycles. The Morgan fingerprint density at radius 1 is 0.485 bits per heavy atom. The maximum Gasteiger partial charge on any atom is 0.138 e. The van der Waals surface area contributed by atoms with Crippen LogP contribution in [0.4, 0.5) is 11.4 Å². The van der Waals surface area contributed by atoms with Crippen LogP contribution in [0.5, 0.6) is 0 Å². The van der Waals surface area contributed by atoms with Crippen LogP contribution in [0.25, 0.3) is 44.8 Å². The van der Waals surface area contributed by atoms with Crippen molar-refractivity contribution in [3.05, 3.63) is 97.1 Å². The number of hydrogen-bond donors (Lipinski definition) is 4. The van der Waals surface area contributed by atoms with Gasteiger partial charge in [-0.25, -0.2) is 9.97 Å². The Kier molecular flexibility index (Phi) is 6.09. The number of benzene rings is 4. The molecule has 6 nitrogen and oxygen atoms in total. The summed E-state index contributed by atoms with van der Waals surface area (Å²) < 4.78 is 0. The number of para-hydroxylation sites is 4. The molecular weight excluding hydrogens is 408 g/mol. The molecule has 4 aromatic carbocycles. The van der Waals surface area contributed by atoms with Gasteiger partial charge in [0.25, 0.3) is 0 Å². The summed E-state index contributed by atoms with van der Waals surface area (Å²) in [5.74, 6) is 1.75. The first-order valence-electron chi connectivity index (χ1n) is 10.3. The minimum atomic E-state index is 0. The first-order chi connectivity index (χ1) is 15.7. The Hall–Kier alpha value is -4.58. The zero-order valence-corrected chi connectivity index (χ0v) is 17.3. The zero-order valence-electron chi connectivity index (χ0n) is 17.3. The van der Waals surface area contributed by atoms with E-state index in [0.29, 0.717) is 0 Å². The lowest BCUT2D eigenvalue weighted by molar-refractivity contribution is 1.34. The van der Waals surface area contributed by atoms with Crippen molar-refractivity contribution in [2.45, 2.75) is 7.43 Å². The normalized spacial score (nSPS) is 10.4. The van der Waals surface area contributed by atoms with Crippen LogP contribution < -0.4 is 11.5 Å². The Morgan fingerprint density at radius 2 is 0.848 bits per heavy atom. The van der Waals surface area contributed by atoms with Gasteiger partial charge in [0.05, 0.1) is 22.1 Å². The standard InChI is InChI=1S/2C13H11N3.CH4/c2*14-10-7-5-9(6-8-10)13-15-11-3-1-2-4-12(11)16-13;/h2*1-8H,14H2,(H,15,16);1H4. The molecule has 6 aromatic rings. The summed E-state index contributed by atoms with van der Waals surface area (Å²) in [7, 11) is 0.